The number of aromatic amines is 1. The Morgan fingerprint density at radius 3 is 2.00 bits per heavy atom. The summed E-state index contributed by atoms with van der Waals surface area (Å²) in [6.07, 6.45) is 1.62. The van der Waals surface area contributed by atoms with Crippen molar-refractivity contribution in [2.45, 2.75) is 5.92 Å². The third kappa shape index (κ3) is 3.87. The minimum Gasteiger partial charge on any atom is -0.345 e. The number of imidazole rings is 1. The molecule has 3 aromatic carbocycles. The molecule has 32 heavy (non-hydrogen) atoms. The second-order valence-corrected chi connectivity index (χ2v) is 8.01. The number of nitrogens with one attached hydrogen (secondary N) is 1. The zero-order chi connectivity index (χ0) is 21.9. The maximum Gasteiger partial charge on any atom is 0.254 e. The van der Waals surface area contributed by atoms with Gasteiger partial charge >= 0.3 is 0 Å². The molecule has 0 atom stereocenters. The summed E-state index contributed by atoms with van der Waals surface area (Å²) in [6, 6.07) is 25.3. The first kappa shape index (κ1) is 20.0. The van der Waals surface area contributed by atoms with Crippen molar-refractivity contribution in [3.05, 3.63) is 102 Å². The topological polar surface area (TPSA) is 69.3 Å². The van der Waals surface area contributed by atoms with Crippen LogP contribution in [-0.2, 0) is 4.79 Å². The molecule has 1 aliphatic rings. The van der Waals surface area contributed by atoms with E-state index in [9.17, 15) is 9.59 Å². The Bertz CT molecular complexity index is 1190. The monoisotopic (exact) mass is 424 g/mol. The molecule has 0 unspecified atom stereocenters. The highest BCUT2D eigenvalue weighted by molar-refractivity contribution is 5.97. The number of benzene rings is 3. The van der Waals surface area contributed by atoms with Crippen molar-refractivity contribution in [2.24, 2.45) is 0 Å². The van der Waals surface area contributed by atoms with Crippen molar-refractivity contribution in [3.63, 3.8) is 0 Å². The third-order valence-corrected chi connectivity index (χ3v) is 6.06. The minimum absolute atomic E-state index is 0.0173. The largest absolute Gasteiger partial charge is 0.345 e. The minimum atomic E-state index is -0.345. The van der Waals surface area contributed by atoms with Crippen molar-refractivity contribution in [1.82, 2.24) is 19.8 Å². The molecular formula is C26H24N4O2. The van der Waals surface area contributed by atoms with Crippen LogP contribution in [0.15, 0.2) is 85.2 Å². The van der Waals surface area contributed by atoms with Gasteiger partial charge in [-0.25, -0.2) is 4.98 Å². The van der Waals surface area contributed by atoms with Crippen LogP contribution in [0.25, 0.3) is 11.0 Å². The van der Waals surface area contributed by atoms with Gasteiger partial charge in [-0.15, -0.1) is 0 Å². The smallest absolute Gasteiger partial charge is 0.254 e. The molecule has 0 spiro atoms. The standard InChI is InChI=1S/C26H24N4O2/c31-25(21-11-12-22-23(17-21)28-18-27-22)29-13-15-30(16-14-29)26(32)24(19-7-3-1-4-8-19)20-9-5-2-6-10-20/h1-12,17-18,24H,13-16H2,(H,27,28). The van der Waals surface area contributed by atoms with E-state index in [4.69, 9.17) is 0 Å². The highest BCUT2D eigenvalue weighted by Crippen LogP contribution is 2.27. The molecule has 1 aromatic heterocycles. The zero-order valence-electron chi connectivity index (χ0n) is 17.6. The number of carbonyl (C=O) groups excluding carboxylic acids is 2. The molecule has 4 aromatic rings. The second kappa shape index (κ2) is 8.67. The third-order valence-electron chi connectivity index (χ3n) is 6.06. The lowest BCUT2D eigenvalue weighted by Gasteiger charge is -2.36. The van der Waals surface area contributed by atoms with E-state index in [1.54, 1.807) is 6.33 Å². The highest BCUT2D eigenvalue weighted by Gasteiger charge is 2.31. The van der Waals surface area contributed by atoms with Crippen LogP contribution in [0, 0.1) is 0 Å². The molecule has 160 valence electrons. The molecule has 1 N–H and O–H groups in total. The molecule has 2 amide bonds. The van der Waals surface area contributed by atoms with Gasteiger partial charge in [-0.1, -0.05) is 60.7 Å². The van der Waals surface area contributed by atoms with Gasteiger partial charge in [-0.3, -0.25) is 9.59 Å². The fourth-order valence-electron chi connectivity index (χ4n) is 4.33. The van der Waals surface area contributed by atoms with Crippen LogP contribution in [0.2, 0.25) is 0 Å². The molecule has 6 heteroatoms. The van der Waals surface area contributed by atoms with E-state index in [0.29, 0.717) is 31.7 Å². The summed E-state index contributed by atoms with van der Waals surface area (Å²) >= 11 is 0. The number of piperazine rings is 1. The Hall–Kier alpha value is -3.93. The number of fused-ring (bicyclic) bond motifs is 1. The molecule has 6 nitrogen and oxygen atoms in total. The number of amides is 2. The summed E-state index contributed by atoms with van der Waals surface area (Å²) in [7, 11) is 0. The first-order chi connectivity index (χ1) is 15.7. The van der Waals surface area contributed by atoms with Crippen molar-refractivity contribution in [1.29, 1.82) is 0 Å². The van der Waals surface area contributed by atoms with Crippen LogP contribution in [0.4, 0.5) is 0 Å². The summed E-state index contributed by atoms with van der Waals surface area (Å²) in [4.78, 5) is 37.5. The van der Waals surface area contributed by atoms with E-state index in [0.717, 1.165) is 22.2 Å². The predicted molar refractivity (Wildman–Crippen MR) is 123 cm³/mol. The van der Waals surface area contributed by atoms with E-state index in [2.05, 4.69) is 9.97 Å². The Balaban J connectivity index is 1.31. The number of rotatable bonds is 4. The second-order valence-electron chi connectivity index (χ2n) is 8.01. The van der Waals surface area contributed by atoms with Crippen molar-refractivity contribution in [3.8, 4) is 0 Å². The van der Waals surface area contributed by atoms with Crippen LogP contribution in [0.5, 0.6) is 0 Å². The SMILES string of the molecule is O=C(c1ccc2nc[nH]c2c1)N1CCN(C(=O)C(c2ccccc2)c2ccccc2)CC1. The summed E-state index contributed by atoms with van der Waals surface area (Å²) in [5.41, 5.74) is 4.28. The van der Waals surface area contributed by atoms with Crippen molar-refractivity contribution >= 4 is 22.8 Å². The van der Waals surface area contributed by atoms with Gasteiger partial charge in [-0.2, -0.15) is 0 Å². The summed E-state index contributed by atoms with van der Waals surface area (Å²) in [5.74, 6) is -0.285. The fourth-order valence-corrected chi connectivity index (χ4v) is 4.33. The molecular weight excluding hydrogens is 400 g/mol. The van der Waals surface area contributed by atoms with Gasteiger partial charge in [-0.05, 0) is 29.3 Å². The van der Waals surface area contributed by atoms with E-state index in [1.165, 1.54) is 0 Å². The number of H-pyrrole nitrogens is 1. The normalized spacial score (nSPS) is 14.2. The van der Waals surface area contributed by atoms with Crippen LogP contribution in [-0.4, -0.2) is 57.8 Å². The highest BCUT2D eigenvalue weighted by atomic mass is 16.2. The number of nitrogens with zero attached hydrogens (tertiary/aromatic N) is 3. The summed E-state index contributed by atoms with van der Waals surface area (Å²) in [5, 5.41) is 0. The molecule has 1 aliphatic heterocycles. The average molecular weight is 425 g/mol. The molecule has 0 bridgehead atoms. The van der Waals surface area contributed by atoms with E-state index in [1.807, 2.05) is 88.7 Å². The number of hydrogen-bond donors (Lipinski definition) is 1. The Morgan fingerprint density at radius 1 is 0.781 bits per heavy atom. The molecule has 2 heterocycles. The fraction of sp³-hybridized carbons (Fsp3) is 0.192. The van der Waals surface area contributed by atoms with Gasteiger partial charge in [0.15, 0.2) is 0 Å². The van der Waals surface area contributed by atoms with Crippen molar-refractivity contribution in [2.75, 3.05) is 26.2 Å². The quantitative estimate of drug-likeness (QED) is 0.543. The molecule has 0 radical (unpaired) electrons. The van der Waals surface area contributed by atoms with Gasteiger partial charge in [0.05, 0.1) is 23.3 Å². The van der Waals surface area contributed by atoms with Crippen molar-refractivity contribution < 1.29 is 9.59 Å². The van der Waals surface area contributed by atoms with E-state index >= 15 is 0 Å². The molecule has 1 fully saturated rings. The van der Waals surface area contributed by atoms with Crippen LogP contribution >= 0.6 is 0 Å². The Labute approximate surface area is 186 Å². The van der Waals surface area contributed by atoms with Crippen LogP contribution in [0.1, 0.15) is 27.4 Å². The maximum atomic E-state index is 13.6. The zero-order valence-corrected chi connectivity index (χ0v) is 17.6. The number of hydrogen-bond acceptors (Lipinski definition) is 3. The molecule has 5 rings (SSSR count). The van der Waals surface area contributed by atoms with Crippen LogP contribution in [0.3, 0.4) is 0 Å². The summed E-state index contributed by atoms with van der Waals surface area (Å²) in [6.45, 7) is 2.07. The number of carbonyl (C=O) groups is 2. The van der Waals surface area contributed by atoms with E-state index in [-0.39, 0.29) is 17.7 Å². The number of aromatic nitrogens is 2. The lowest BCUT2D eigenvalue weighted by Crippen LogP contribution is -2.51. The maximum absolute atomic E-state index is 13.6. The average Bonchev–Trinajstić information content (AvgIpc) is 3.33. The Morgan fingerprint density at radius 2 is 1.38 bits per heavy atom. The first-order valence-corrected chi connectivity index (χ1v) is 10.8. The van der Waals surface area contributed by atoms with Gasteiger partial charge in [0, 0.05) is 31.7 Å². The van der Waals surface area contributed by atoms with Gasteiger partial charge < -0.3 is 14.8 Å². The summed E-state index contributed by atoms with van der Waals surface area (Å²) < 4.78 is 0. The van der Waals surface area contributed by atoms with Crippen LogP contribution < -0.4 is 0 Å². The van der Waals surface area contributed by atoms with Gasteiger partial charge in [0.2, 0.25) is 5.91 Å². The molecule has 0 aliphatic carbocycles. The molecule has 0 saturated carbocycles. The van der Waals surface area contributed by atoms with E-state index < -0.39 is 0 Å². The lowest BCUT2D eigenvalue weighted by molar-refractivity contribution is -0.133. The Kier molecular flexibility index (Phi) is 5.42. The van der Waals surface area contributed by atoms with Gasteiger partial charge in [0.1, 0.15) is 0 Å². The van der Waals surface area contributed by atoms with Gasteiger partial charge in [0.25, 0.3) is 5.91 Å². The first-order valence-electron chi connectivity index (χ1n) is 10.8. The lowest BCUT2D eigenvalue weighted by atomic mass is 9.90. The predicted octanol–water partition coefficient (Wildman–Crippen LogP) is 3.68. The molecule has 1 saturated heterocycles.